The molecule has 4 heteroatoms. The lowest BCUT2D eigenvalue weighted by Gasteiger charge is -2.17. The van der Waals surface area contributed by atoms with Crippen molar-refractivity contribution in [2.75, 3.05) is 6.61 Å². The van der Waals surface area contributed by atoms with Gasteiger partial charge >= 0.3 is 6.03 Å². The summed E-state index contributed by atoms with van der Waals surface area (Å²) in [4.78, 5) is 10.6. The molecule has 1 rings (SSSR count). The third kappa shape index (κ3) is 1.73. The van der Waals surface area contributed by atoms with Crippen LogP contribution >= 0.6 is 0 Å². The number of nitrogens with one attached hydrogen (secondary N) is 2. The second kappa shape index (κ2) is 3.22. The topological polar surface area (TPSA) is 50.4 Å². The molecule has 1 atom stereocenters. The Morgan fingerprint density at radius 3 is 3.20 bits per heavy atom. The molecular weight excluding hydrogens is 132 g/mol. The Morgan fingerprint density at radius 2 is 2.60 bits per heavy atom. The molecule has 0 radical (unpaired) electrons. The highest BCUT2D eigenvalue weighted by Gasteiger charge is 2.10. The van der Waals surface area contributed by atoms with Crippen LogP contribution in [-0.4, -0.2) is 18.9 Å². The van der Waals surface area contributed by atoms with Gasteiger partial charge in [-0.05, 0) is 13.0 Å². The minimum atomic E-state index is -0.265. The van der Waals surface area contributed by atoms with E-state index < -0.39 is 0 Å². The second-order valence-corrected chi connectivity index (χ2v) is 1.85. The Balaban J connectivity index is 2.39. The summed E-state index contributed by atoms with van der Waals surface area (Å²) >= 11 is 0. The quantitative estimate of drug-likeness (QED) is 0.577. The molecule has 0 saturated heterocycles. The average molecular weight is 142 g/mol. The van der Waals surface area contributed by atoms with Gasteiger partial charge in [-0.2, -0.15) is 0 Å². The molecular formula is C6H10N2O2. The molecule has 0 saturated carbocycles. The number of amides is 2. The van der Waals surface area contributed by atoms with E-state index >= 15 is 0 Å². The lowest BCUT2D eigenvalue weighted by molar-refractivity contribution is 0.0764. The number of hydrogen-bond donors (Lipinski definition) is 2. The van der Waals surface area contributed by atoms with Crippen molar-refractivity contribution in [1.82, 2.24) is 10.6 Å². The van der Waals surface area contributed by atoms with Crippen molar-refractivity contribution in [1.29, 1.82) is 0 Å². The molecule has 2 amide bonds. The van der Waals surface area contributed by atoms with Gasteiger partial charge in [0, 0.05) is 12.8 Å². The van der Waals surface area contributed by atoms with E-state index in [-0.39, 0.29) is 12.3 Å². The normalized spacial score (nSPS) is 23.7. The van der Waals surface area contributed by atoms with E-state index in [2.05, 4.69) is 10.6 Å². The van der Waals surface area contributed by atoms with E-state index in [9.17, 15) is 4.79 Å². The van der Waals surface area contributed by atoms with Crippen LogP contribution in [0.2, 0.25) is 0 Å². The van der Waals surface area contributed by atoms with E-state index in [0.29, 0.717) is 6.61 Å². The minimum absolute atomic E-state index is 0.221. The van der Waals surface area contributed by atoms with Crippen LogP contribution in [0.25, 0.3) is 0 Å². The zero-order valence-corrected chi connectivity index (χ0v) is 5.76. The van der Waals surface area contributed by atoms with E-state index in [1.807, 2.05) is 6.92 Å². The lowest BCUT2D eigenvalue weighted by Crippen LogP contribution is -2.44. The van der Waals surface area contributed by atoms with Crippen LogP contribution in [0, 0.1) is 0 Å². The van der Waals surface area contributed by atoms with Gasteiger partial charge in [0.1, 0.15) is 0 Å². The minimum Gasteiger partial charge on any atom is -0.355 e. The molecule has 0 aliphatic carbocycles. The summed E-state index contributed by atoms with van der Waals surface area (Å²) < 4.78 is 5.09. The average Bonchev–Trinajstić information content (AvgIpc) is 1.88. The van der Waals surface area contributed by atoms with Crippen LogP contribution in [0.3, 0.4) is 0 Å². The number of ether oxygens (including phenoxy) is 1. The highest BCUT2D eigenvalue weighted by molar-refractivity contribution is 5.76. The van der Waals surface area contributed by atoms with Crippen LogP contribution in [0.1, 0.15) is 6.92 Å². The number of urea groups is 1. The van der Waals surface area contributed by atoms with Crippen molar-refractivity contribution in [3.8, 4) is 0 Å². The molecule has 0 aromatic rings. The summed E-state index contributed by atoms with van der Waals surface area (Å²) in [5.41, 5.74) is 0. The molecule has 4 nitrogen and oxygen atoms in total. The van der Waals surface area contributed by atoms with Gasteiger partial charge < -0.3 is 15.4 Å². The third-order valence-corrected chi connectivity index (χ3v) is 1.11. The maximum Gasteiger partial charge on any atom is 0.321 e. The molecule has 1 unspecified atom stereocenters. The number of rotatable bonds is 2. The van der Waals surface area contributed by atoms with Crippen molar-refractivity contribution in [3.05, 3.63) is 12.3 Å². The Morgan fingerprint density at radius 1 is 1.80 bits per heavy atom. The Bertz CT molecular complexity index is 156. The van der Waals surface area contributed by atoms with Crippen LogP contribution in [0.5, 0.6) is 0 Å². The molecule has 0 aromatic heterocycles. The SMILES string of the molecule is CCOC1C=CNC(=O)N1. The fourth-order valence-corrected chi connectivity index (χ4v) is 0.707. The predicted molar refractivity (Wildman–Crippen MR) is 36.2 cm³/mol. The summed E-state index contributed by atoms with van der Waals surface area (Å²) in [7, 11) is 0. The van der Waals surface area contributed by atoms with Gasteiger partial charge in [-0.1, -0.05) is 0 Å². The van der Waals surface area contributed by atoms with Crippen LogP contribution in [-0.2, 0) is 4.74 Å². The highest BCUT2D eigenvalue weighted by Crippen LogP contribution is 1.92. The Hall–Kier alpha value is -1.03. The van der Waals surface area contributed by atoms with E-state index in [1.165, 1.54) is 0 Å². The van der Waals surface area contributed by atoms with Gasteiger partial charge in [0.05, 0.1) is 0 Å². The van der Waals surface area contributed by atoms with Gasteiger partial charge in [-0.15, -0.1) is 0 Å². The molecule has 0 aromatic carbocycles. The van der Waals surface area contributed by atoms with Crippen molar-refractivity contribution in [3.63, 3.8) is 0 Å². The van der Waals surface area contributed by atoms with E-state index in [4.69, 9.17) is 4.74 Å². The summed E-state index contributed by atoms with van der Waals surface area (Å²) in [5.74, 6) is 0. The summed E-state index contributed by atoms with van der Waals surface area (Å²) in [6.07, 6.45) is 3.04. The van der Waals surface area contributed by atoms with Crippen molar-refractivity contribution in [2.24, 2.45) is 0 Å². The third-order valence-electron chi connectivity index (χ3n) is 1.11. The molecule has 1 aliphatic rings. The van der Waals surface area contributed by atoms with Gasteiger partial charge in [-0.3, -0.25) is 0 Å². The van der Waals surface area contributed by atoms with Gasteiger partial charge in [0.15, 0.2) is 6.23 Å². The van der Waals surface area contributed by atoms with Gasteiger partial charge in [0.25, 0.3) is 0 Å². The fraction of sp³-hybridized carbons (Fsp3) is 0.500. The van der Waals surface area contributed by atoms with Crippen LogP contribution in [0.15, 0.2) is 12.3 Å². The van der Waals surface area contributed by atoms with Crippen molar-refractivity contribution >= 4 is 6.03 Å². The first kappa shape index (κ1) is 7.08. The first-order valence-corrected chi connectivity index (χ1v) is 3.18. The van der Waals surface area contributed by atoms with Gasteiger partial charge in [-0.25, -0.2) is 4.79 Å². The number of carbonyl (C=O) groups is 1. The van der Waals surface area contributed by atoms with Crippen LogP contribution < -0.4 is 10.6 Å². The number of carbonyl (C=O) groups excluding carboxylic acids is 1. The predicted octanol–water partition coefficient (Wildman–Crippen LogP) is 0.176. The van der Waals surface area contributed by atoms with E-state index in [0.717, 1.165) is 0 Å². The number of hydrogen-bond acceptors (Lipinski definition) is 2. The van der Waals surface area contributed by atoms with Crippen LogP contribution in [0.4, 0.5) is 4.79 Å². The molecule has 1 aliphatic heterocycles. The monoisotopic (exact) mass is 142 g/mol. The molecule has 56 valence electrons. The van der Waals surface area contributed by atoms with E-state index in [1.54, 1.807) is 12.3 Å². The second-order valence-electron chi connectivity index (χ2n) is 1.85. The summed E-state index contributed by atoms with van der Waals surface area (Å²) in [5, 5.41) is 5.02. The molecule has 0 spiro atoms. The standard InChI is InChI=1S/C6H10N2O2/c1-2-10-5-3-4-7-6(9)8-5/h3-5H,2H2,1H3,(H2,7,8,9). The Labute approximate surface area is 59.2 Å². The lowest BCUT2D eigenvalue weighted by atomic mass is 10.4. The maximum atomic E-state index is 10.6. The molecule has 1 heterocycles. The largest absolute Gasteiger partial charge is 0.355 e. The zero-order valence-electron chi connectivity index (χ0n) is 5.76. The molecule has 0 fully saturated rings. The first-order valence-electron chi connectivity index (χ1n) is 3.18. The van der Waals surface area contributed by atoms with Crippen molar-refractivity contribution in [2.45, 2.75) is 13.2 Å². The summed E-state index contributed by atoms with van der Waals surface area (Å²) in [6, 6.07) is -0.221. The zero-order chi connectivity index (χ0) is 7.40. The smallest absolute Gasteiger partial charge is 0.321 e. The first-order chi connectivity index (χ1) is 4.83. The summed E-state index contributed by atoms with van der Waals surface area (Å²) in [6.45, 7) is 2.47. The molecule has 10 heavy (non-hydrogen) atoms. The highest BCUT2D eigenvalue weighted by atomic mass is 16.5. The Kier molecular flexibility index (Phi) is 2.28. The van der Waals surface area contributed by atoms with Gasteiger partial charge in [0.2, 0.25) is 0 Å². The maximum absolute atomic E-state index is 10.6. The van der Waals surface area contributed by atoms with Crippen molar-refractivity contribution < 1.29 is 9.53 Å². The molecule has 0 bridgehead atoms. The fourth-order valence-electron chi connectivity index (χ4n) is 0.707. The molecule has 2 N–H and O–H groups in total.